The fraction of sp³-hybridized carbons (Fsp3) is 0.0833. The summed E-state index contributed by atoms with van der Waals surface area (Å²) in [5, 5.41) is 13.3. The molecule has 7 heteroatoms. The Morgan fingerprint density at radius 3 is 2.47 bits per heavy atom. The molecule has 0 aliphatic heterocycles. The van der Waals surface area contributed by atoms with E-state index >= 15 is 0 Å². The fourth-order valence-electron chi connectivity index (χ4n) is 1.77. The van der Waals surface area contributed by atoms with Crippen LogP contribution in [-0.4, -0.2) is 19.8 Å². The molecule has 2 aromatic heterocycles. The number of hydrogen-bond acceptors (Lipinski definition) is 4. The van der Waals surface area contributed by atoms with Crippen molar-refractivity contribution in [2.24, 2.45) is 0 Å². The number of fused-ring (bicyclic) bond motifs is 1. The van der Waals surface area contributed by atoms with Crippen LogP contribution < -0.4 is 5.73 Å². The molecular formula is C12H9Cl2N5. The maximum atomic E-state index is 6.03. The number of aromatic nitrogens is 4. The normalized spacial score (nSPS) is 11.1. The Kier molecular flexibility index (Phi) is 2.80. The first-order valence-corrected chi connectivity index (χ1v) is 6.26. The predicted molar refractivity (Wildman–Crippen MR) is 75.4 cm³/mol. The van der Waals surface area contributed by atoms with E-state index in [0.717, 1.165) is 11.3 Å². The van der Waals surface area contributed by atoms with Crippen molar-refractivity contribution in [3.8, 4) is 11.4 Å². The second kappa shape index (κ2) is 4.36. The van der Waals surface area contributed by atoms with Crippen LogP contribution in [0.3, 0.4) is 0 Å². The fourth-order valence-corrected chi connectivity index (χ4v) is 2.26. The van der Waals surface area contributed by atoms with Crippen molar-refractivity contribution in [3.63, 3.8) is 0 Å². The van der Waals surface area contributed by atoms with E-state index in [4.69, 9.17) is 28.9 Å². The van der Waals surface area contributed by atoms with Crippen LogP contribution in [0, 0.1) is 6.92 Å². The van der Waals surface area contributed by atoms with Crippen LogP contribution in [0.4, 0.5) is 5.69 Å². The van der Waals surface area contributed by atoms with E-state index < -0.39 is 0 Å². The SMILES string of the molecule is Cc1ccc2nnc(-c3cc(Cl)c(N)c(Cl)c3)n2n1. The maximum Gasteiger partial charge on any atom is 0.185 e. The molecule has 3 rings (SSSR count). The second-order valence-corrected chi connectivity index (χ2v) is 4.94. The van der Waals surface area contributed by atoms with Crippen LogP contribution >= 0.6 is 23.2 Å². The van der Waals surface area contributed by atoms with Gasteiger partial charge in [-0.3, -0.25) is 0 Å². The molecule has 0 saturated carbocycles. The van der Waals surface area contributed by atoms with Gasteiger partial charge in [0.15, 0.2) is 11.5 Å². The summed E-state index contributed by atoms with van der Waals surface area (Å²) in [5.74, 6) is 0.572. The van der Waals surface area contributed by atoms with E-state index in [1.54, 1.807) is 16.6 Å². The number of anilines is 1. The van der Waals surface area contributed by atoms with E-state index in [1.165, 1.54) is 0 Å². The summed E-state index contributed by atoms with van der Waals surface area (Å²) in [7, 11) is 0. The standard InChI is InChI=1S/C12H9Cl2N5/c1-6-2-3-10-16-17-12(19(10)18-6)7-4-8(13)11(15)9(14)5-7/h2-5H,15H2,1H3. The van der Waals surface area contributed by atoms with E-state index in [1.807, 2.05) is 19.1 Å². The summed E-state index contributed by atoms with van der Waals surface area (Å²) < 4.78 is 1.65. The third-order valence-corrected chi connectivity index (χ3v) is 3.36. The predicted octanol–water partition coefficient (Wildman–Crippen LogP) is 2.99. The smallest absolute Gasteiger partial charge is 0.185 e. The molecule has 96 valence electrons. The van der Waals surface area contributed by atoms with Crippen LogP contribution in [0.25, 0.3) is 17.0 Å². The Bertz CT molecular complexity index is 758. The van der Waals surface area contributed by atoms with Crippen LogP contribution in [-0.2, 0) is 0 Å². The van der Waals surface area contributed by atoms with Crippen molar-refractivity contribution >= 4 is 34.5 Å². The van der Waals surface area contributed by atoms with Gasteiger partial charge in [-0.1, -0.05) is 23.2 Å². The average molecular weight is 294 g/mol. The summed E-state index contributed by atoms with van der Waals surface area (Å²) in [5.41, 5.74) is 8.31. The lowest BCUT2D eigenvalue weighted by Gasteiger charge is -2.05. The van der Waals surface area contributed by atoms with E-state index in [-0.39, 0.29) is 0 Å². The number of nitrogen functional groups attached to an aromatic ring is 1. The Balaban J connectivity index is 2.27. The average Bonchev–Trinajstić information content (AvgIpc) is 2.78. The Morgan fingerprint density at radius 2 is 1.79 bits per heavy atom. The van der Waals surface area contributed by atoms with E-state index in [2.05, 4.69) is 15.3 Å². The van der Waals surface area contributed by atoms with E-state index in [0.29, 0.717) is 27.2 Å². The van der Waals surface area contributed by atoms with Crippen LogP contribution in [0.5, 0.6) is 0 Å². The van der Waals surface area contributed by atoms with Gasteiger partial charge in [-0.05, 0) is 31.2 Å². The highest BCUT2D eigenvalue weighted by Gasteiger charge is 2.13. The molecular weight excluding hydrogens is 285 g/mol. The summed E-state index contributed by atoms with van der Waals surface area (Å²) in [6.45, 7) is 1.89. The minimum atomic E-state index is 0.352. The molecule has 0 fully saturated rings. The number of benzene rings is 1. The molecule has 2 heterocycles. The number of halogens is 2. The Hall–Kier alpha value is -1.85. The van der Waals surface area contributed by atoms with E-state index in [9.17, 15) is 0 Å². The maximum absolute atomic E-state index is 6.03. The van der Waals surface area contributed by atoms with Crippen molar-refractivity contribution in [3.05, 3.63) is 40.0 Å². The summed E-state index contributed by atoms with van der Waals surface area (Å²) in [4.78, 5) is 0. The van der Waals surface area contributed by atoms with Gasteiger partial charge in [0.1, 0.15) is 0 Å². The lowest BCUT2D eigenvalue weighted by atomic mass is 10.2. The molecule has 1 aromatic carbocycles. The minimum absolute atomic E-state index is 0.352. The minimum Gasteiger partial charge on any atom is -0.396 e. The summed E-state index contributed by atoms with van der Waals surface area (Å²) >= 11 is 12.1. The number of nitrogens with zero attached hydrogens (tertiary/aromatic N) is 4. The number of hydrogen-bond donors (Lipinski definition) is 1. The molecule has 2 N–H and O–H groups in total. The molecule has 5 nitrogen and oxygen atoms in total. The van der Waals surface area contributed by atoms with Crippen molar-refractivity contribution < 1.29 is 0 Å². The molecule has 0 spiro atoms. The number of rotatable bonds is 1. The van der Waals surface area contributed by atoms with Crippen molar-refractivity contribution in [2.45, 2.75) is 6.92 Å². The van der Waals surface area contributed by atoms with Gasteiger partial charge in [-0.15, -0.1) is 10.2 Å². The third-order valence-electron chi connectivity index (χ3n) is 2.73. The Labute approximate surface area is 119 Å². The van der Waals surface area contributed by atoms with Gasteiger partial charge in [0, 0.05) is 5.56 Å². The van der Waals surface area contributed by atoms with Crippen LogP contribution in [0.15, 0.2) is 24.3 Å². The first-order valence-electron chi connectivity index (χ1n) is 5.50. The lowest BCUT2D eigenvalue weighted by Crippen LogP contribution is -1.97. The zero-order chi connectivity index (χ0) is 13.6. The first kappa shape index (κ1) is 12.2. The second-order valence-electron chi connectivity index (χ2n) is 4.12. The molecule has 0 atom stereocenters. The molecule has 3 aromatic rings. The first-order chi connectivity index (χ1) is 9.06. The molecule has 0 unspecified atom stereocenters. The molecule has 19 heavy (non-hydrogen) atoms. The van der Waals surface area contributed by atoms with Gasteiger partial charge in [-0.2, -0.15) is 9.61 Å². The summed E-state index contributed by atoms with van der Waals surface area (Å²) in [6, 6.07) is 7.11. The van der Waals surface area contributed by atoms with Crippen LogP contribution in [0.2, 0.25) is 10.0 Å². The van der Waals surface area contributed by atoms with Crippen molar-refractivity contribution in [1.29, 1.82) is 0 Å². The third kappa shape index (κ3) is 2.01. The highest BCUT2D eigenvalue weighted by atomic mass is 35.5. The largest absolute Gasteiger partial charge is 0.396 e. The molecule has 0 aliphatic carbocycles. The molecule has 0 aliphatic rings. The van der Waals surface area contributed by atoms with Gasteiger partial charge < -0.3 is 5.73 Å². The molecule has 0 saturated heterocycles. The van der Waals surface area contributed by atoms with Crippen molar-refractivity contribution in [2.75, 3.05) is 5.73 Å². The monoisotopic (exact) mass is 293 g/mol. The zero-order valence-electron chi connectivity index (χ0n) is 9.93. The highest BCUT2D eigenvalue weighted by Crippen LogP contribution is 2.32. The van der Waals surface area contributed by atoms with Gasteiger partial charge in [0.05, 0.1) is 21.4 Å². The van der Waals surface area contributed by atoms with Gasteiger partial charge in [0.2, 0.25) is 0 Å². The van der Waals surface area contributed by atoms with Gasteiger partial charge in [-0.25, -0.2) is 0 Å². The number of nitrogens with two attached hydrogens (primary N) is 1. The Morgan fingerprint density at radius 1 is 1.11 bits per heavy atom. The highest BCUT2D eigenvalue weighted by molar-refractivity contribution is 6.39. The molecule has 0 bridgehead atoms. The topological polar surface area (TPSA) is 69.1 Å². The zero-order valence-corrected chi connectivity index (χ0v) is 11.4. The summed E-state index contributed by atoms with van der Waals surface area (Å²) in [6.07, 6.45) is 0. The number of aryl methyl sites for hydroxylation is 1. The lowest BCUT2D eigenvalue weighted by molar-refractivity contribution is 0.902. The quantitative estimate of drug-likeness (QED) is 0.700. The molecule has 0 amide bonds. The van der Waals surface area contributed by atoms with Gasteiger partial charge >= 0.3 is 0 Å². The van der Waals surface area contributed by atoms with Crippen molar-refractivity contribution in [1.82, 2.24) is 19.8 Å². The van der Waals surface area contributed by atoms with Gasteiger partial charge in [0.25, 0.3) is 0 Å². The van der Waals surface area contributed by atoms with Crippen LogP contribution in [0.1, 0.15) is 5.69 Å². The molecule has 0 radical (unpaired) electrons.